The lowest BCUT2D eigenvalue weighted by Crippen LogP contribution is -2.37. The maximum Gasteiger partial charge on any atom is 0.416 e. The van der Waals surface area contributed by atoms with E-state index in [9.17, 15) is 18.0 Å². The predicted molar refractivity (Wildman–Crippen MR) is 102 cm³/mol. The van der Waals surface area contributed by atoms with Crippen LogP contribution in [-0.2, 0) is 22.1 Å². The summed E-state index contributed by atoms with van der Waals surface area (Å²) in [5.41, 5.74) is -0.169. The highest BCUT2D eigenvalue weighted by Crippen LogP contribution is 2.30. The SMILES string of the molecule is O=C(CCc1nnc2ccc(N3CCOCC3)nn12)Nc1cccc(C(F)(F)F)c1. The van der Waals surface area contributed by atoms with Crippen molar-refractivity contribution in [2.24, 2.45) is 0 Å². The quantitative estimate of drug-likeness (QED) is 0.683. The minimum absolute atomic E-state index is 0.0283. The van der Waals surface area contributed by atoms with Gasteiger partial charge >= 0.3 is 6.18 Å². The number of rotatable bonds is 5. The zero-order valence-corrected chi connectivity index (χ0v) is 15.9. The Bertz CT molecular complexity index is 1050. The lowest BCUT2D eigenvalue weighted by atomic mass is 10.2. The number of halogens is 3. The number of benzene rings is 1. The summed E-state index contributed by atoms with van der Waals surface area (Å²) >= 11 is 0. The molecule has 0 saturated carbocycles. The number of hydrogen-bond donors (Lipinski definition) is 1. The Labute approximate surface area is 169 Å². The van der Waals surface area contributed by atoms with Crippen molar-refractivity contribution in [2.45, 2.75) is 19.0 Å². The monoisotopic (exact) mass is 420 g/mol. The first-order valence-corrected chi connectivity index (χ1v) is 9.41. The molecule has 1 N–H and O–H groups in total. The molecule has 1 aliphatic rings. The zero-order chi connectivity index (χ0) is 21.1. The number of morpholine rings is 1. The van der Waals surface area contributed by atoms with Crippen LogP contribution in [0.15, 0.2) is 36.4 Å². The van der Waals surface area contributed by atoms with E-state index < -0.39 is 17.6 Å². The van der Waals surface area contributed by atoms with Crippen LogP contribution in [0, 0.1) is 0 Å². The Hall–Kier alpha value is -3.21. The van der Waals surface area contributed by atoms with E-state index in [2.05, 4.69) is 25.5 Å². The minimum atomic E-state index is -4.47. The van der Waals surface area contributed by atoms with Crippen molar-refractivity contribution < 1.29 is 22.7 Å². The fraction of sp³-hybridized carbons (Fsp3) is 0.368. The first-order chi connectivity index (χ1) is 14.4. The highest BCUT2D eigenvalue weighted by molar-refractivity contribution is 5.90. The van der Waals surface area contributed by atoms with Crippen molar-refractivity contribution in [3.8, 4) is 0 Å². The number of hydrogen-bond acceptors (Lipinski definition) is 6. The van der Waals surface area contributed by atoms with Gasteiger partial charge in [-0.3, -0.25) is 4.79 Å². The van der Waals surface area contributed by atoms with Gasteiger partial charge in [-0.05, 0) is 30.3 Å². The van der Waals surface area contributed by atoms with Crippen molar-refractivity contribution >= 4 is 23.1 Å². The predicted octanol–water partition coefficient (Wildman–Crippen LogP) is 2.55. The van der Waals surface area contributed by atoms with Crippen molar-refractivity contribution in [1.29, 1.82) is 0 Å². The number of fused-ring (bicyclic) bond motifs is 1. The van der Waals surface area contributed by atoms with Gasteiger partial charge < -0.3 is 15.0 Å². The van der Waals surface area contributed by atoms with Crippen molar-refractivity contribution in [3.05, 3.63) is 47.8 Å². The van der Waals surface area contributed by atoms with Gasteiger partial charge in [0, 0.05) is 31.6 Å². The maximum atomic E-state index is 12.8. The van der Waals surface area contributed by atoms with Gasteiger partial charge in [-0.25, -0.2) is 0 Å². The summed E-state index contributed by atoms with van der Waals surface area (Å²) in [5.74, 6) is 0.843. The van der Waals surface area contributed by atoms with E-state index >= 15 is 0 Å². The van der Waals surface area contributed by atoms with Crippen LogP contribution in [0.2, 0.25) is 0 Å². The number of amides is 1. The van der Waals surface area contributed by atoms with Crippen LogP contribution in [0.3, 0.4) is 0 Å². The molecule has 2 aromatic heterocycles. The van der Waals surface area contributed by atoms with Crippen molar-refractivity contribution in [3.63, 3.8) is 0 Å². The molecule has 0 aliphatic carbocycles. The van der Waals surface area contributed by atoms with E-state index in [-0.39, 0.29) is 18.5 Å². The third kappa shape index (κ3) is 4.51. The number of aromatic nitrogens is 4. The summed E-state index contributed by atoms with van der Waals surface area (Å²) in [6, 6.07) is 8.18. The van der Waals surface area contributed by atoms with Crippen molar-refractivity contribution in [2.75, 3.05) is 36.5 Å². The average molecular weight is 420 g/mol. The molecule has 1 aliphatic heterocycles. The maximum absolute atomic E-state index is 12.8. The summed E-state index contributed by atoms with van der Waals surface area (Å²) in [4.78, 5) is 14.3. The molecule has 3 aromatic rings. The van der Waals surface area contributed by atoms with Gasteiger partial charge in [0.05, 0.1) is 18.8 Å². The number of nitrogens with zero attached hydrogens (tertiary/aromatic N) is 5. The standard InChI is InChI=1S/C19H19F3N6O2/c20-19(21,22)13-2-1-3-14(12-13)23-18(29)7-6-16-25-24-15-4-5-17(26-28(15)16)27-8-10-30-11-9-27/h1-5,12H,6-11H2,(H,23,29). The molecular weight excluding hydrogens is 401 g/mol. The van der Waals surface area contributed by atoms with Gasteiger partial charge in [0.1, 0.15) is 5.82 Å². The molecule has 11 heteroatoms. The molecular formula is C19H19F3N6O2. The van der Waals surface area contributed by atoms with E-state index in [0.717, 1.165) is 31.0 Å². The molecule has 0 atom stereocenters. The molecule has 0 spiro atoms. The third-order valence-corrected chi connectivity index (χ3v) is 4.70. The highest BCUT2D eigenvalue weighted by Gasteiger charge is 2.30. The van der Waals surface area contributed by atoms with E-state index in [1.807, 2.05) is 6.07 Å². The number of ether oxygens (including phenoxy) is 1. The van der Waals surface area contributed by atoms with Gasteiger partial charge in [-0.15, -0.1) is 15.3 Å². The Morgan fingerprint density at radius 2 is 1.93 bits per heavy atom. The van der Waals surface area contributed by atoms with Crippen LogP contribution in [0.1, 0.15) is 17.8 Å². The number of aryl methyl sites for hydroxylation is 1. The molecule has 1 fully saturated rings. The molecule has 4 rings (SSSR count). The van der Waals surface area contributed by atoms with Crippen LogP contribution in [0.25, 0.3) is 5.65 Å². The highest BCUT2D eigenvalue weighted by atomic mass is 19.4. The van der Waals surface area contributed by atoms with Gasteiger partial charge in [-0.1, -0.05) is 6.07 Å². The lowest BCUT2D eigenvalue weighted by molar-refractivity contribution is -0.137. The van der Waals surface area contributed by atoms with Gasteiger partial charge in [-0.2, -0.15) is 17.7 Å². The molecule has 1 saturated heterocycles. The Morgan fingerprint density at radius 1 is 1.13 bits per heavy atom. The summed E-state index contributed by atoms with van der Waals surface area (Å²) in [6.45, 7) is 2.72. The number of alkyl halides is 3. The summed E-state index contributed by atoms with van der Waals surface area (Å²) < 4.78 is 45.4. The van der Waals surface area contributed by atoms with E-state index in [0.29, 0.717) is 24.7 Å². The largest absolute Gasteiger partial charge is 0.416 e. The van der Waals surface area contributed by atoms with Gasteiger partial charge in [0.25, 0.3) is 0 Å². The summed E-state index contributed by atoms with van der Waals surface area (Å²) in [5, 5.41) is 15.2. The summed E-state index contributed by atoms with van der Waals surface area (Å²) in [6.07, 6.45) is -4.20. The molecule has 0 radical (unpaired) electrons. The Balaban J connectivity index is 1.42. The molecule has 0 unspecified atom stereocenters. The van der Waals surface area contributed by atoms with E-state index in [4.69, 9.17) is 4.74 Å². The van der Waals surface area contributed by atoms with Crippen LogP contribution in [0.5, 0.6) is 0 Å². The number of nitrogens with one attached hydrogen (secondary N) is 1. The minimum Gasteiger partial charge on any atom is -0.378 e. The van der Waals surface area contributed by atoms with Crippen LogP contribution >= 0.6 is 0 Å². The number of carbonyl (C=O) groups is 1. The average Bonchev–Trinajstić information content (AvgIpc) is 3.15. The fourth-order valence-electron chi connectivity index (χ4n) is 3.16. The van der Waals surface area contributed by atoms with Gasteiger partial charge in [0.15, 0.2) is 11.5 Å². The molecule has 0 bridgehead atoms. The Kier molecular flexibility index (Phi) is 5.53. The van der Waals surface area contributed by atoms with Crippen LogP contribution < -0.4 is 10.2 Å². The Morgan fingerprint density at radius 3 is 2.70 bits per heavy atom. The zero-order valence-electron chi connectivity index (χ0n) is 15.9. The lowest BCUT2D eigenvalue weighted by Gasteiger charge is -2.27. The van der Waals surface area contributed by atoms with Crippen LogP contribution in [-0.4, -0.2) is 52.0 Å². The second kappa shape index (κ2) is 8.27. The van der Waals surface area contributed by atoms with Crippen LogP contribution in [0.4, 0.5) is 24.7 Å². The molecule has 3 heterocycles. The number of anilines is 2. The first kappa shape index (κ1) is 20.1. The van der Waals surface area contributed by atoms with E-state index in [1.165, 1.54) is 12.1 Å². The molecule has 158 valence electrons. The second-order valence-corrected chi connectivity index (χ2v) is 6.80. The normalized spacial score (nSPS) is 14.8. The smallest absolute Gasteiger partial charge is 0.378 e. The number of carbonyl (C=O) groups excluding carboxylic acids is 1. The fourth-order valence-corrected chi connectivity index (χ4v) is 3.16. The van der Waals surface area contributed by atoms with E-state index in [1.54, 1.807) is 10.6 Å². The molecule has 30 heavy (non-hydrogen) atoms. The van der Waals surface area contributed by atoms with Crippen molar-refractivity contribution in [1.82, 2.24) is 19.8 Å². The molecule has 1 aromatic carbocycles. The summed E-state index contributed by atoms with van der Waals surface area (Å²) in [7, 11) is 0. The van der Waals surface area contributed by atoms with Gasteiger partial charge in [0.2, 0.25) is 5.91 Å². The molecule has 1 amide bonds. The topological polar surface area (TPSA) is 84.7 Å². The molecule has 8 nitrogen and oxygen atoms in total. The first-order valence-electron chi connectivity index (χ1n) is 9.41. The second-order valence-electron chi connectivity index (χ2n) is 6.80. The third-order valence-electron chi connectivity index (χ3n) is 4.70.